The Labute approximate surface area is 141 Å². The number of nitrogens with one attached hydrogen (secondary N) is 1. The molecule has 0 radical (unpaired) electrons. The number of benzene rings is 2. The van der Waals surface area contributed by atoms with Crippen molar-refractivity contribution in [1.29, 1.82) is 0 Å². The van der Waals surface area contributed by atoms with Gasteiger partial charge in [-0.25, -0.2) is 4.39 Å². The number of amides is 1. The van der Waals surface area contributed by atoms with Crippen LogP contribution >= 0.6 is 11.6 Å². The number of hydrogen-bond donors (Lipinski definition) is 1. The summed E-state index contributed by atoms with van der Waals surface area (Å²) in [5.74, 6) is -0.759. The molecule has 24 heavy (non-hydrogen) atoms. The lowest BCUT2D eigenvalue weighted by Gasteiger charge is -2.06. The van der Waals surface area contributed by atoms with Gasteiger partial charge in [0, 0.05) is 11.3 Å². The molecule has 1 heterocycles. The van der Waals surface area contributed by atoms with Gasteiger partial charge < -0.3 is 14.5 Å². The number of methoxy groups -OCH3 is 1. The van der Waals surface area contributed by atoms with E-state index >= 15 is 0 Å². The van der Waals surface area contributed by atoms with Crippen molar-refractivity contribution in [2.75, 3.05) is 12.4 Å². The first-order chi connectivity index (χ1) is 11.6. The van der Waals surface area contributed by atoms with Crippen molar-refractivity contribution < 1.29 is 18.3 Å². The van der Waals surface area contributed by atoms with Crippen LogP contribution in [0.2, 0.25) is 5.02 Å². The molecular formula is C16H11ClFN3O3. The third-order valence-electron chi connectivity index (χ3n) is 3.10. The number of hydrogen-bond acceptors (Lipinski definition) is 5. The van der Waals surface area contributed by atoms with Gasteiger partial charge in [-0.05, 0) is 36.4 Å². The Balaban J connectivity index is 1.78. The maximum Gasteiger partial charge on any atom is 0.313 e. The lowest BCUT2D eigenvalue weighted by atomic mass is 10.2. The molecule has 0 bridgehead atoms. The van der Waals surface area contributed by atoms with Gasteiger partial charge in [0.15, 0.2) is 0 Å². The molecule has 0 fully saturated rings. The van der Waals surface area contributed by atoms with Gasteiger partial charge in [-0.2, -0.15) is 0 Å². The van der Waals surface area contributed by atoms with Gasteiger partial charge in [-0.15, -0.1) is 10.2 Å². The molecule has 0 saturated carbocycles. The zero-order valence-corrected chi connectivity index (χ0v) is 13.2. The van der Waals surface area contributed by atoms with E-state index in [-0.39, 0.29) is 11.8 Å². The zero-order chi connectivity index (χ0) is 17.1. The van der Waals surface area contributed by atoms with Crippen LogP contribution in [0.4, 0.5) is 10.1 Å². The molecule has 0 aliphatic heterocycles. The summed E-state index contributed by atoms with van der Waals surface area (Å²) in [6.07, 6.45) is 0. The predicted octanol–water partition coefficient (Wildman–Crippen LogP) is 3.79. The fourth-order valence-corrected chi connectivity index (χ4v) is 2.24. The largest absolute Gasteiger partial charge is 0.495 e. The van der Waals surface area contributed by atoms with E-state index < -0.39 is 11.7 Å². The number of aromatic nitrogens is 2. The Morgan fingerprint density at radius 3 is 2.79 bits per heavy atom. The van der Waals surface area contributed by atoms with Gasteiger partial charge in [-0.1, -0.05) is 17.7 Å². The van der Waals surface area contributed by atoms with Gasteiger partial charge in [0.05, 0.1) is 12.1 Å². The van der Waals surface area contributed by atoms with Gasteiger partial charge in [-0.3, -0.25) is 4.79 Å². The van der Waals surface area contributed by atoms with Crippen LogP contribution in [-0.2, 0) is 0 Å². The molecule has 0 aliphatic carbocycles. The standard InChI is InChI=1S/C16H11ClFN3O3/c1-23-13-6-5-11(8-12(13)17)19-14(22)16-21-20-15(24-16)9-3-2-4-10(18)7-9/h2-8H,1H3,(H,19,22). The molecule has 8 heteroatoms. The summed E-state index contributed by atoms with van der Waals surface area (Å²) in [5.41, 5.74) is 0.824. The van der Waals surface area contributed by atoms with Crippen molar-refractivity contribution in [2.45, 2.75) is 0 Å². The second-order valence-corrected chi connectivity index (χ2v) is 5.13. The second-order valence-electron chi connectivity index (χ2n) is 4.73. The Kier molecular flexibility index (Phi) is 4.43. The molecule has 0 aliphatic rings. The molecule has 0 unspecified atom stereocenters. The average molecular weight is 348 g/mol. The van der Waals surface area contributed by atoms with Crippen LogP contribution < -0.4 is 10.1 Å². The molecule has 3 aromatic rings. The zero-order valence-electron chi connectivity index (χ0n) is 12.4. The molecule has 2 aromatic carbocycles. The van der Waals surface area contributed by atoms with Crippen molar-refractivity contribution in [1.82, 2.24) is 10.2 Å². The normalized spacial score (nSPS) is 10.5. The summed E-state index contributed by atoms with van der Waals surface area (Å²) in [6.45, 7) is 0. The van der Waals surface area contributed by atoms with Crippen molar-refractivity contribution in [3.8, 4) is 17.2 Å². The molecule has 0 spiro atoms. The summed E-state index contributed by atoms with van der Waals surface area (Å²) in [4.78, 5) is 12.1. The number of anilines is 1. The van der Waals surface area contributed by atoms with Crippen molar-refractivity contribution in [3.05, 3.63) is 59.2 Å². The Morgan fingerprint density at radius 2 is 2.08 bits per heavy atom. The number of ether oxygens (including phenoxy) is 1. The Morgan fingerprint density at radius 1 is 1.25 bits per heavy atom. The molecule has 1 N–H and O–H groups in total. The van der Waals surface area contributed by atoms with Crippen LogP contribution in [0, 0.1) is 5.82 Å². The lowest BCUT2D eigenvalue weighted by Crippen LogP contribution is -2.12. The van der Waals surface area contributed by atoms with E-state index in [0.717, 1.165) is 0 Å². The number of carbonyl (C=O) groups excluding carboxylic acids is 1. The van der Waals surface area contributed by atoms with Crippen LogP contribution in [0.15, 0.2) is 46.9 Å². The minimum atomic E-state index is -0.605. The van der Waals surface area contributed by atoms with E-state index in [1.807, 2.05) is 0 Å². The van der Waals surface area contributed by atoms with Gasteiger partial charge in [0.25, 0.3) is 0 Å². The molecule has 6 nitrogen and oxygen atoms in total. The summed E-state index contributed by atoms with van der Waals surface area (Å²) < 4.78 is 23.5. The quantitative estimate of drug-likeness (QED) is 0.777. The van der Waals surface area contributed by atoms with Crippen LogP contribution in [-0.4, -0.2) is 23.2 Å². The maximum absolute atomic E-state index is 13.2. The Bertz CT molecular complexity index is 898. The summed E-state index contributed by atoms with van der Waals surface area (Å²) in [6, 6.07) is 10.4. The molecular weight excluding hydrogens is 337 g/mol. The fraction of sp³-hybridized carbons (Fsp3) is 0.0625. The maximum atomic E-state index is 13.2. The highest BCUT2D eigenvalue weighted by Gasteiger charge is 2.17. The van der Waals surface area contributed by atoms with E-state index in [4.69, 9.17) is 20.8 Å². The Hall–Kier alpha value is -2.93. The third kappa shape index (κ3) is 3.36. The molecule has 0 atom stereocenters. The SMILES string of the molecule is COc1ccc(NC(=O)c2nnc(-c3cccc(F)c3)o2)cc1Cl. The lowest BCUT2D eigenvalue weighted by molar-refractivity contribution is 0.0991. The van der Waals surface area contributed by atoms with Crippen molar-refractivity contribution >= 4 is 23.2 Å². The van der Waals surface area contributed by atoms with Crippen LogP contribution in [0.1, 0.15) is 10.7 Å². The first kappa shape index (κ1) is 15.9. The monoisotopic (exact) mass is 347 g/mol. The summed E-state index contributed by atoms with van der Waals surface area (Å²) in [5, 5.41) is 10.3. The van der Waals surface area contributed by atoms with Crippen LogP contribution in [0.3, 0.4) is 0 Å². The number of rotatable bonds is 4. The summed E-state index contributed by atoms with van der Waals surface area (Å²) in [7, 11) is 1.49. The van der Waals surface area contributed by atoms with Crippen molar-refractivity contribution in [3.63, 3.8) is 0 Å². The van der Waals surface area contributed by atoms with E-state index in [0.29, 0.717) is 22.0 Å². The number of carbonyl (C=O) groups is 1. The van der Waals surface area contributed by atoms with E-state index in [2.05, 4.69) is 15.5 Å². The number of halogens is 2. The van der Waals surface area contributed by atoms with Gasteiger partial charge in [0.1, 0.15) is 11.6 Å². The highest BCUT2D eigenvalue weighted by molar-refractivity contribution is 6.32. The van der Waals surface area contributed by atoms with E-state index in [1.165, 1.54) is 31.4 Å². The first-order valence-corrected chi connectivity index (χ1v) is 7.19. The van der Waals surface area contributed by atoms with Gasteiger partial charge in [0.2, 0.25) is 5.89 Å². The highest BCUT2D eigenvalue weighted by atomic mass is 35.5. The first-order valence-electron chi connectivity index (χ1n) is 6.81. The smallest absolute Gasteiger partial charge is 0.313 e. The second kappa shape index (κ2) is 6.67. The molecule has 3 rings (SSSR count). The number of nitrogens with zero attached hydrogens (tertiary/aromatic N) is 2. The third-order valence-corrected chi connectivity index (χ3v) is 3.40. The van der Waals surface area contributed by atoms with Crippen LogP contribution in [0.5, 0.6) is 5.75 Å². The molecule has 122 valence electrons. The van der Waals surface area contributed by atoms with Crippen molar-refractivity contribution in [2.24, 2.45) is 0 Å². The van der Waals surface area contributed by atoms with Gasteiger partial charge >= 0.3 is 11.8 Å². The minimum absolute atomic E-state index is 0.0485. The highest BCUT2D eigenvalue weighted by Crippen LogP contribution is 2.27. The minimum Gasteiger partial charge on any atom is -0.495 e. The fourth-order valence-electron chi connectivity index (χ4n) is 1.98. The van der Waals surface area contributed by atoms with E-state index in [9.17, 15) is 9.18 Å². The average Bonchev–Trinajstić information content (AvgIpc) is 3.05. The predicted molar refractivity (Wildman–Crippen MR) is 85.6 cm³/mol. The summed E-state index contributed by atoms with van der Waals surface area (Å²) >= 11 is 5.99. The van der Waals surface area contributed by atoms with Crippen LogP contribution in [0.25, 0.3) is 11.5 Å². The topological polar surface area (TPSA) is 77.2 Å². The molecule has 1 amide bonds. The molecule has 0 saturated heterocycles. The molecule has 1 aromatic heterocycles. The van der Waals surface area contributed by atoms with E-state index in [1.54, 1.807) is 18.2 Å².